The second kappa shape index (κ2) is 6.29. The summed E-state index contributed by atoms with van der Waals surface area (Å²) in [6.45, 7) is 2.07. The van der Waals surface area contributed by atoms with E-state index in [1.165, 1.54) is 21.9 Å². The number of hydrogen-bond donors (Lipinski definition) is 0. The summed E-state index contributed by atoms with van der Waals surface area (Å²) < 4.78 is 0. The van der Waals surface area contributed by atoms with Crippen LogP contribution in [0, 0.1) is 6.92 Å². The summed E-state index contributed by atoms with van der Waals surface area (Å²) in [7, 11) is 0. The third kappa shape index (κ3) is 2.69. The molecule has 4 rings (SSSR count). The van der Waals surface area contributed by atoms with E-state index in [9.17, 15) is 0 Å². The Bertz CT molecular complexity index is 919. The van der Waals surface area contributed by atoms with Gasteiger partial charge in [-0.2, -0.15) is 0 Å². The fraction of sp³-hybridized carbons (Fsp3) is 0.0870. The summed E-state index contributed by atoms with van der Waals surface area (Å²) in [5, 5.41) is 2.47. The summed E-state index contributed by atoms with van der Waals surface area (Å²) in [4.78, 5) is 4.95. The summed E-state index contributed by atoms with van der Waals surface area (Å²) in [6.07, 6.45) is 0. The van der Waals surface area contributed by atoms with Crippen LogP contribution in [0.5, 0.6) is 0 Å². The maximum absolute atomic E-state index is 4.95. The molecule has 0 fully saturated rings. The second-order valence-corrected chi connectivity index (χ2v) is 6.12. The van der Waals surface area contributed by atoms with Crippen molar-refractivity contribution in [2.75, 3.05) is 0 Å². The highest BCUT2D eigenvalue weighted by Crippen LogP contribution is 2.35. The molecule has 116 valence electrons. The monoisotopic (exact) mass is 309 g/mol. The van der Waals surface area contributed by atoms with Gasteiger partial charge in [0.05, 0.1) is 11.6 Å². The maximum Gasteiger partial charge on any atom is 0.0603 e. The Balaban J connectivity index is 2.02. The highest BCUT2D eigenvalue weighted by molar-refractivity contribution is 5.86. The van der Waals surface area contributed by atoms with E-state index in [0.29, 0.717) is 0 Å². The molecule has 0 unspecified atom stereocenters. The predicted octanol–water partition coefficient (Wildman–Crippen LogP) is 5.72. The van der Waals surface area contributed by atoms with Gasteiger partial charge < -0.3 is 0 Å². The minimum Gasteiger partial charge on any atom is -0.257 e. The number of hydrogen-bond acceptors (Lipinski definition) is 1. The predicted molar refractivity (Wildman–Crippen MR) is 100 cm³/mol. The van der Waals surface area contributed by atoms with E-state index in [1.54, 1.807) is 0 Å². The van der Waals surface area contributed by atoms with E-state index in [-0.39, 0.29) is 5.92 Å². The average Bonchev–Trinajstić information content (AvgIpc) is 2.63. The van der Waals surface area contributed by atoms with Gasteiger partial charge in [-0.25, -0.2) is 0 Å². The van der Waals surface area contributed by atoms with Gasteiger partial charge in [0, 0.05) is 11.1 Å². The van der Waals surface area contributed by atoms with Crippen molar-refractivity contribution in [3.63, 3.8) is 0 Å². The normalized spacial score (nSPS) is 11.1. The molecule has 3 aromatic carbocycles. The van der Waals surface area contributed by atoms with Gasteiger partial charge in [-0.3, -0.25) is 4.98 Å². The molecule has 0 spiro atoms. The van der Waals surface area contributed by atoms with Crippen LogP contribution in [0.15, 0.2) is 91.0 Å². The highest BCUT2D eigenvalue weighted by Gasteiger charge is 2.20. The Morgan fingerprint density at radius 1 is 0.667 bits per heavy atom. The second-order valence-electron chi connectivity index (χ2n) is 6.12. The molecule has 0 amide bonds. The molecule has 24 heavy (non-hydrogen) atoms. The van der Waals surface area contributed by atoms with Gasteiger partial charge in [0.25, 0.3) is 0 Å². The Morgan fingerprint density at radius 3 is 1.83 bits per heavy atom. The van der Waals surface area contributed by atoms with Gasteiger partial charge in [0.15, 0.2) is 0 Å². The molecule has 0 aliphatic rings. The number of benzene rings is 3. The van der Waals surface area contributed by atoms with Crippen molar-refractivity contribution in [1.82, 2.24) is 4.98 Å². The molecule has 0 aliphatic carbocycles. The minimum absolute atomic E-state index is 0.136. The summed E-state index contributed by atoms with van der Waals surface area (Å²) in [5.74, 6) is 0.136. The Labute approximate surface area is 142 Å². The first-order valence-electron chi connectivity index (χ1n) is 8.29. The summed E-state index contributed by atoms with van der Waals surface area (Å²) in [6, 6.07) is 32.0. The number of pyridine rings is 1. The molecule has 1 heteroatoms. The minimum atomic E-state index is 0.136. The lowest BCUT2D eigenvalue weighted by molar-refractivity contribution is 0.921. The fourth-order valence-electron chi connectivity index (χ4n) is 3.38. The van der Waals surface area contributed by atoms with Crippen molar-refractivity contribution in [3.8, 4) is 0 Å². The SMILES string of the molecule is Cc1cc2ccccc2c(C(c2ccccc2)c2ccccc2)n1. The lowest BCUT2D eigenvalue weighted by atomic mass is 9.86. The van der Waals surface area contributed by atoms with Crippen molar-refractivity contribution in [1.29, 1.82) is 0 Å². The van der Waals surface area contributed by atoms with Crippen molar-refractivity contribution in [2.24, 2.45) is 0 Å². The zero-order valence-corrected chi connectivity index (χ0v) is 13.7. The van der Waals surface area contributed by atoms with Crippen LogP contribution in [0.25, 0.3) is 10.8 Å². The molecule has 0 saturated heterocycles. The molecule has 1 nitrogen and oxygen atoms in total. The van der Waals surface area contributed by atoms with E-state index < -0.39 is 0 Å². The lowest BCUT2D eigenvalue weighted by Gasteiger charge is -2.20. The third-order valence-corrected chi connectivity index (χ3v) is 4.44. The van der Waals surface area contributed by atoms with Crippen LogP contribution in [0.2, 0.25) is 0 Å². The van der Waals surface area contributed by atoms with E-state index in [2.05, 4.69) is 97.9 Å². The Morgan fingerprint density at radius 2 is 1.21 bits per heavy atom. The molecule has 1 heterocycles. The molecule has 4 aromatic rings. The molecule has 1 aromatic heterocycles. The first-order chi connectivity index (χ1) is 11.8. The molecule has 0 aliphatic heterocycles. The van der Waals surface area contributed by atoms with Crippen molar-refractivity contribution in [3.05, 3.63) is 114 Å². The Kier molecular flexibility index (Phi) is 3.84. The molecule has 0 bridgehead atoms. The van der Waals surface area contributed by atoms with Crippen LogP contribution < -0.4 is 0 Å². The van der Waals surface area contributed by atoms with Crippen LogP contribution in [0.3, 0.4) is 0 Å². The zero-order chi connectivity index (χ0) is 16.4. The quantitative estimate of drug-likeness (QED) is 0.471. The largest absolute Gasteiger partial charge is 0.257 e. The number of aryl methyl sites for hydroxylation is 1. The average molecular weight is 309 g/mol. The van der Waals surface area contributed by atoms with Crippen molar-refractivity contribution < 1.29 is 0 Å². The van der Waals surface area contributed by atoms with E-state index in [0.717, 1.165) is 11.4 Å². The first-order valence-corrected chi connectivity index (χ1v) is 8.29. The van der Waals surface area contributed by atoms with Gasteiger partial charge in [-0.1, -0.05) is 84.9 Å². The smallest absolute Gasteiger partial charge is 0.0603 e. The van der Waals surface area contributed by atoms with Crippen molar-refractivity contribution >= 4 is 10.8 Å². The highest BCUT2D eigenvalue weighted by atomic mass is 14.7. The van der Waals surface area contributed by atoms with Gasteiger partial charge >= 0.3 is 0 Å². The van der Waals surface area contributed by atoms with Gasteiger partial charge in [-0.05, 0) is 29.5 Å². The van der Waals surface area contributed by atoms with E-state index >= 15 is 0 Å². The number of fused-ring (bicyclic) bond motifs is 1. The Hall–Kier alpha value is -2.93. The maximum atomic E-state index is 4.95. The summed E-state index contributed by atoms with van der Waals surface area (Å²) >= 11 is 0. The standard InChI is InChI=1S/C23H19N/c1-17-16-20-14-8-9-15-21(20)23(24-17)22(18-10-4-2-5-11-18)19-12-6-3-7-13-19/h2-16,22H,1H3. The molecule has 0 radical (unpaired) electrons. The van der Waals surface area contributed by atoms with Gasteiger partial charge in [-0.15, -0.1) is 0 Å². The van der Waals surface area contributed by atoms with Crippen LogP contribution >= 0.6 is 0 Å². The number of aromatic nitrogens is 1. The molecule has 0 N–H and O–H groups in total. The molecule has 0 saturated carbocycles. The van der Waals surface area contributed by atoms with Gasteiger partial charge in [0.2, 0.25) is 0 Å². The zero-order valence-electron chi connectivity index (χ0n) is 13.7. The van der Waals surface area contributed by atoms with Gasteiger partial charge in [0.1, 0.15) is 0 Å². The number of nitrogens with zero attached hydrogens (tertiary/aromatic N) is 1. The molecular weight excluding hydrogens is 290 g/mol. The molecule has 0 atom stereocenters. The van der Waals surface area contributed by atoms with Crippen LogP contribution in [0.1, 0.15) is 28.4 Å². The lowest BCUT2D eigenvalue weighted by Crippen LogP contribution is -2.07. The fourth-order valence-corrected chi connectivity index (χ4v) is 3.38. The molecular formula is C23H19N. The van der Waals surface area contributed by atoms with Crippen LogP contribution in [0.4, 0.5) is 0 Å². The van der Waals surface area contributed by atoms with Crippen molar-refractivity contribution in [2.45, 2.75) is 12.8 Å². The third-order valence-electron chi connectivity index (χ3n) is 4.44. The van der Waals surface area contributed by atoms with E-state index in [4.69, 9.17) is 4.98 Å². The summed E-state index contributed by atoms with van der Waals surface area (Å²) in [5.41, 5.74) is 4.72. The first kappa shape index (κ1) is 14.6. The van der Waals surface area contributed by atoms with E-state index in [1.807, 2.05) is 0 Å². The van der Waals surface area contributed by atoms with Crippen LogP contribution in [-0.2, 0) is 0 Å². The topological polar surface area (TPSA) is 12.9 Å². The number of rotatable bonds is 3. The van der Waals surface area contributed by atoms with Crippen LogP contribution in [-0.4, -0.2) is 4.98 Å².